The molecule has 1 aliphatic carbocycles. The van der Waals surface area contributed by atoms with Gasteiger partial charge in [0.15, 0.2) is 0 Å². The molecule has 1 saturated heterocycles. The molecule has 2 heterocycles. The fraction of sp³-hybridized carbons (Fsp3) is 0.515. The van der Waals surface area contributed by atoms with Crippen LogP contribution in [0, 0.1) is 18.8 Å². The van der Waals surface area contributed by atoms with Gasteiger partial charge in [-0.3, -0.25) is 9.36 Å². The molecular formula is C33H43N5O5. The lowest BCUT2D eigenvalue weighted by Gasteiger charge is -2.26. The maximum absolute atomic E-state index is 13.6. The summed E-state index contributed by atoms with van der Waals surface area (Å²) in [6, 6.07) is 11.0. The van der Waals surface area contributed by atoms with E-state index in [9.17, 15) is 14.4 Å². The van der Waals surface area contributed by atoms with E-state index in [2.05, 4.69) is 15.5 Å². The smallest absolute Gasteiger partial charge is 0.407 e. The molecule has 0 bridgehead atoms. The molecule has 4 atom stereocenters. The quantitative estimate of drug-likeness (QED) is 0.371. The average Bonchev–Trinajstić information content (AvgIpc) is 3.30. The van der Waals surface area contributed by atoms with Gasteiger partial charge in [-0.2, -0.15) is 0 Å². The normalized spacial score (nSPS) is 20.4. The number of aryl methyl sites for hydroxylation is 1. The molecule has 2 aromatic carbocycles. The Morgan fingerprint density at radius 1 is 1.00 bits per heavy atom. The molecular weight excluding hydrogens is 546 g/mol. The van der Waals surface area contributed by atoms with E-state index >= 15 is 0 Å². The third-order valence-electron chi connectivity index (χ3n) is 7.88. The zero-order chi connectivity index (χ0) is 31.4. The number of aromatic nitrogens is 2. The molecule has 2 N–H and O–H groups in total. The van der Waals surface area contributed by atoms with Gasteiger partial charge >= 0.3 is 12.1 Å². The zero-order valence-corrected chi connectivity index (χ0v) is 26.6. The molecule has 10 heteroatoms. The lowest BCUT2D eigenvalue weighted by atomic mass is 10.0. The van der Waals surface area contributed by atoms with E-state index in [0.29, 0.717) is 41.2 Å². The summed E-state index contributed by atoms with van der Waals surface area (Å²) >= 11 is 0. The number of nitrogens with one attached hydrogen (secondary N) is 2. The van der Waals surface area contributed by atoms with E-state index in [1.54, 1.807) is 17.7 Å². The number of piperidine rings is 1. The first-order valence-corrected chi connectivity index (χ1v) is 14.9. The number of esters is 1. The number of hydrogen-bond donors (Lipinski definition) is 2. The van der Waals surface area contributed by atoms with Gasteiger partial charge in [-0.25, -0.2) is 14.6 Å². The highest BCUT2D eigenvalue weighted by Crippen LogP contribution is 2.46. The summed E-state index contributed by atoms with van der Waals surface area (Å²) in [4.78, 5) is 46.1. The Labute approximate surface area is 252 Å². The first-order chi connectivity index (χ1) is 20.0. The SMILES string of the molecule is Cc1cc(C(C)Nc2ccccc2C(=O)OC(C)(C)C)c2nc(N3C[C@@H]4[C@H](C3)[C@@H]4NC(=O)OC(C)(C)C)n(C)c(=O)c2c1. The van der Waals surface area contributed by atoms with E-state index in [-0.39, 0.29) is 29.5 Å². The van der Waals surface area contributed by atoms with Crippen LogP contribution in [0.4, 0.5) is 16.4 Å². The van der Waals surface area contributed by atoms with Gasteiger partial charge in [0, 0.05) is 49.3 Å². The number of hydrogen-bond acceptors (Lipinski definition) is 8. The summed E-state index contributed by atoms with van der Waals surface area (Å²) in [6.07, 6.45) is -0.399. The van der Waals surface area contributed by atoms with Crippen molar-refractivity contribution in [3.8, 4) is 0 Å². The Kier molecular flexibility index (Phi) is 7.69. The van der Waals surface area contributed by atoms with Gasteiger partial charge < -0.3 is 25.0 Å². The number of para-hydroxylation sites is 1. The number of alkyl carbamates (subject to hydrolysis) is 1. The number of nitrogens with zero attached hydrogens (tertiary/aromatic N) is 3. The highest BCUT2D eigenvalue weighted by atomic mass is 16.6. The predicted octanol–water partition coefficient (Wildman–Crippen LogP) is 5.33. The van der Waals surface area contributed by atoms with Crippen molar-refractivity contribution in [1.82, 2.24) is 14.9 Å². The summed E-state index contributed by atoms with van der Waals surface area (Å²) in [5.74, 6) is 0.760. The molecule has 1 aromatic heterocycles. The number of fused-ring (bicyclic) bond motifs is 2. The van der Waals surface area contributed by atoms with Crippen LogP contribution < -0.4 is 21.1 Å². The van der Waals surface area contributed by atoms with E-state index in [0.717, 1.165) is 11.1 Å². The third-order valence-corrected chi connectivity index (χ3v) is 7.88. The van der Waals surface area contributed by atoms with Crippen LogP contribution in [0.25, 0.3) is 10.9 Å². The minimum absolute atomic E-state index is 0.0658. The first-order valence-electron chi connectivity index (χ1n) is 14.9. The van der Waals surface area contributed by atoms with Gasteiger partial charge in [-0.1, -0.05) is 18.2 Å². The van der Waals surface area contributed by atoms with Crippen molar-refractivity contribution in [2.45, 2.75) is 78.7 Å². The molecule has 5 rings (SSSR count). The van der Waals surface area contributed by atoms with Gasteiger partial charge in [0.05, 0.1) is 22.5 Å². The molecule has 2 fully saturated rings. The Morgan fingerprint density at radius 2 is 1.63 bits per heavy atom. The lowest BCUT2D eigenvalue weighted by Crippen LogP contribution is -2.39. The van der Waals surface area contributed by atoms with Gasteiger partial charge in [0.25, 0.3) is 5.56 Å². The molecule has 0 spiro atoms. The van der Waals surface area contributed by atoms with Crippen LogP contribution in [0.2, 0.25) is 0 Å². The predicted molar refractivity (Wildman–Crippen MR) is 168 cm³/mol. The minimum atomic E-state index is -0.620. The highest BCUT2D eigenvalue weighted by Gasteiger charge is 2.57. The summed E-state index contributed by atoms with van der Waals surface area (Å²) < 4.78 is 12.7. The number of carbonyl (C=O) groups excluding carboxylic acids is 2. The summed E-state index contributed by atoms with van der Waals surface area (Å²) in [5, 5.41) is 7.02. The maximum atomic E-state index is 13.6. The highest BCUT2D eigenvalue weighted by molar-refractivity contribution is 5.96. The van der Waals surface area contributed by atoms with Crippen molar-refractivity contribution >= 4 is 34.6 Å². The molecule has 1 amide bonds. The lowest BCUT2D eigenvalue weighted by molar-refractivity contribution is 0.00703. The fourth-order valence-electron chi connectivity index (χ4n) is 5.93. The second-order valence-corrected chi connectivity index (χ2v) is 13.8. The largest absolute Gasteiger partial charge is 0.456 e. The Bertz CT molecular complexity index is 1620. The van der Waals surface area contributed by atoms with Crippen LogP contribution in [0.15, 0.2) is 41.2 Å². The second-order valence-electron chi connectivity index (χ2n) is 13.8. The Balaban J connectivity index is 1.41. The molecule has 10 nitrogen and oxygen atoms in total. The molecule has 230 valence electrons. The van der Waals surface area contributed by atoms with Crippen LogP contribution in [-0.4, -0.2) is 51.9 Å². The first kappa shape index (κ1) is 30.4. The third kappa shape index (κ3) is 6.48. The number of benzene rings is 2. The Morgan fingerprint density at radius 3 is 2.26 bits per heavy atom. The minimum Gasteiger partial charge on any atom is -0.456 e. The molecule has 1 aliphatic heterocycles. The molecule has 43 heavy (non-hydrogen) atoms. The molecule has 3 aromatic rings. The number of ether oxygens (including phenoxy) is 2. The van der Waals surface area contributed by atoms with Gasteiger partial charge in [-0.05, 0) is 79.2 Å². The van der Waals surface area contributed by atoms with Crippen molar-refractivity contribution in [2.24, 2.45) is 18.9 Å². The van der Waals surface area contributed by atoms with E-state index < -0.39 is 23.3 Å². The van der Waals surface area contributed by atoms with Gasteiger partial charge in [0.2, 0.25) is 5.95 Å². The van der Waals surface area contributed by atoms with Gasteiger partial charge in [0.1, 0.15) is 11.2 Å². The topological polar surface area (TPSA) is 115 Å². The summed E-state index contributed by atoms with van der Waals surface area (Å²) in [5.41, 5.74) is 2.24. The van der Waals surface area contributed by atoms with Crippen molar-refractivity contribution in [3.63, 3.8) is 0 Å². The van der Waals surface area contributed by atoms with Crippen LogP contribution in [0.1, 0.15) is 76.0 Å². The molecule has 1 unspecified atom stereocenters. The number of rotatable bonds is 6. The van der Waals surface area contributed by atoms with Crippen molar-refractivity contribution in [3.05, 3.63) is 63.4 Å². The number of amides is 1. The van der Waals surface area contributed by atoms with E-state index in [4.69, 9.17) is 14.5 Å². The summed E-state index contributed by atoms with van der Waals surface area (Å²) in [7, 11) is 1.76. The molecule has 2 aliphatic rings. The fourth-order valence-corrected chi connectivity index (χ4v) is 5.93. The van der Waals surface area contributed by atoms with Crippen LogP contribution in [0.5, 0.6) is 0 Å². The number of anilines is 2. The van der Waals surface area contributed by atoms with Crippen molar-refractivity contribution in [1.29, 1.82) is 0 Å². The second kappa shape index (κ2) is 10.9. The molecule has 1 saturated carbocycles. The van der Waals surface area contributed by atoms with Crippen LogP contribution in [0.3, 0.4) is 0 Å². The van der Waals surface area contributed by atoms with E-state index in [1.165, 1.54) is 0 Å². The zero-order valence-electron chi connectivity index (χ0n) is 26.6. The van der Waals surface area contributed by atoms with Crippen molar-refractivity contribution in [2.75, 3.05) is 23.3 Å². The monoisotopic (exact) mass is 589 g/mol. The number of carbonyl (C=O) groups is 2. The maximum Gasteiger partial charge on any atom is 0.407 e. The van der Waals surface area contributed by atoms with E-state index in [1.807, 2.05) is 85.7 Å². The Hall–Kier alpha value is -4.08. The van der Waals surface area contributed by atoms with Crippen molar-refractivity contribution < 1.29 is 19.1 Å². The van der Waals surface area contributed by atoms with Crippen LogP contribution in [-0.2, 0) is 16.5 Å². The average molecular weight is 590 g/mol. The van der Waals surface area contributed by atoms with Crippen LogP contribution >= 0.6 is 0 Å². The molecule has 0 radical (unpaired) electrons. The standard InChI is InChI=1S/C33H43N5O5/c1-18-14-21(19(2)34-25-13-11-10-12-20(25)29(40)42-32(3,4)5)26-22(15-18)28(39)37(9)30(35-26)38-16-23-24(17-38)27(23)36-31(41)43-33(6,7)8/h10-15,19,23-24,27,34H,16-17H2,1-9H3,(H,36,41)/t19?,23-,24+,27-. The summed E-state index contributed by atoms with van der Waals surface area (Å²) in [6.45, 7) is 16.4. The van der Waals surface area contributed by atoms with Gasteiger partial charge in [-0.15, -0.1) is 0 Å².